The lowest BCUT2D eigenvalue weighted by atomic mass is 9.98. The van der Waals surface area contributed by atoms with Crippen molar-refractivity contribution in [1.29, 1.82) is 0 Å². The summed E-state index contributed by atoms with van der Waals surface area (Å²) in [5.41, 5.74) is 2.74. The third-order valence-electron chi connectivity index (χ3n) is 4.76. The van der Waals surface area contributed by atoms with Gasteiger partial charge < -0.3 is 15.4 Å². The van der Waals surface area contributed by atoms with Gasteiger partial charge in [-0.1, -0.05) is 42.5 Å². The molecule has 0 aliphatic rings. The summed E-state index contributed by atoms with van der Waals surface area (Å²) < 4.78 is 5.19. The fourth-order valence-electron chi connectivity index (χ4n) is 3.30. The van der Waals surface area contributed by atoms with Crippen LogP contribution in [0, 0.1) is 0 Å². The van der Waals surface area contributed by atoms with Crippen molar-refractivity contribution in [3.8, 4) is 5.75 Å². The van der Waals surface area contributed by atoms with E-state index in [1.54, 1.807) is 19.5 Å². The first-order valence-electron chi connectivity index (χ1n) is 9.72. The molecule has 6 heteroatoms. The summed E-state index contributed by atoms with van der Waals surface area (Å²) in [6.45, 7) is 1.44. The zero-order chi connectivity index (χ0) is 21.3. The first-order chi connectivity index (χ1) is 14.6. The molecule has 3 aromatic rings. The fraction of sp³-hybridized carbons (Fsp3) is 0.208. The Balaban J connectivity index is 1.80. The SMILES string of the molecule is COc1ccc(C(CC(=O)NC(c2ccccc2)c2ccncc2)NC(C)=O)cc1. The number of nitrogens with zero attached hydrogens (tertiary/aromatic N) is 1. The van der Waals surface area contributed by atoms with Crippen molar-refractivity contribution >= 4 is 11.8 Å². The number of nitrogens with one attached hydrogen (secondary N) is 2. The van der Waals surface area contributed by atoms with Gasteiger partial charge in [0.2, 0.25) is 11.8 Å². The van der Waals surface area contributed by atoms with Gasteiger partial charge in [-0.25, -0.2) is 0 Å². The Morgan fingerprint density at radius 2 is 1.50 bits per heavy atom. The van der Waals surface area contributed by atoms with Crippen LogP contribution in [0.25, 0.3) is 0 Å². The van der Waals surface area contributed by atoms with E-state index in [-0.39, 0.29) is 24.3 Å². The first kappa shape index (κ1) is 21.0. The van der Waals surface area contributed by atoms with Crippen LogP contribution in [0.4, 0.5) is 0 Å². The lowest BCUT2D eigenvalue weighted by Crippen LogP contribution is -2.34. The summed E-state index contributed by atoms with van der Waals surface area (Å²) in [5, 5.41) is 5.97. The van der Waals surface area contributed by atoms with E-state index in [1.165, 1.54) is 6.92 Å². The highest BCUT2D eigenvalue weighted by Crippen LogP contribution is 2.24. The minimum atomic E-state index is -0.442. The molecule has 0 radical (unpaired) electrons. The summed E-state index contributed by atoms with van der Waals surface area (Å²) in [7, 11) is 1.59. The molecule has 30 heavy (non-hydrogen) atoms. The van der Waals surface area contributed by atoms with Gasteiger partial charge in [-0.15, -0.1) is 0 Å². The van der Waals surface area contributed by atoms with E-state index in [1.807, 2.05) is 66.7 Å². The number of carbonyl (C=O) groups excluding carboxylic acids is 2. The summed E-state index contributed by atoms with van der Waals surface area (Å²) >= 11 is 0. The normalized spacial score (nSPS) is 12.5. The molecule has 2 aromatic carbocycles. The predicted octanol–water partition coefficient (Wildman–Crippen LogP) is 3.56. The van der Waals surface area contributed by atoms with Crippen LogP contribution >= 0.6 is 0 Å². The zero-order valence-corrected chi connectivity index (χ0v) is 17.0. The number of benzene rings is 2. The molecule has 1 aromatic heterocycles. The number of rotatable bonds is 8. The third kappa shape index (κ3) is 5.67. The highest BCUT2D eigenvalue weighted by molar-refractivity contribution is 5.79. The molecule has 2 atom stereocenters. The lowest BCUT2D eigenvalue weighted by Gasteiger charge is -2.23. The molecule has 154 valence electrons. The molecular formula is C24H25N3O3. The smallest absolute Gasteiger partial charge is 0.223 e. The van der Waals surface area contributed by atoms with Gasteiger partial charge in [-0.05, 0) is 41.0 Å². The third-order valence-corrected chi connectivity index (χ3v) is 4.76. The average Bonchev–Trinajstić information content (AvgIpc) is 2.78. The van der Waals surface area contributed by atoms with Crippen molar-refractivity contribution < 1.29 is 14.3 Å². The molecule has 1 heterocycles. The van der Waals surface area contributed by atoms with Gasteiger partial charge in [0.25, 0.3) is 0 Å². The fourth-order valence-corrected chi connectivity index (χ4v) is 3.30. The number of hydrogen-bond acceptors (Lipinski definition) is 4. The summed E-state index contributed by atoms with van der Waals surface area (Å²) in [4.78, 5) is 28.8. The van der Waals surface area contributed by atoms with E-state index in [9.17, 15) is 9.59 Å². The monoisotopic (exact) mass is 403 g/mol. The average molecular weight is 403 g/mol. The number of hydrogen-bond donors (Lipinski definition) is 2. The molecule has 0 spiro atoms. The number of amides is 2. The molecule has 3 rings (SSSR count). The Morgan fingerprint density at radius 1 is 0.867 bits per heavy atom. The highest BCUT2D eigenvalue weighted by atomic mass is 16.5. The standard InChI is InChI=1S/C24H25N3O3/c1-17(28)26-22(18-8-10-21(30-2)11-9-18)16-23(29)27-24(19-6-4-3-5-7-19)20-12-14-25-15-13-20/h3-15,22,24H,16H2,1-2H3,(H,26,28)(H,27,29). The Labute approximate surface area is 176 Å². The Kier molecular flexibility index (Phi) is 7.16. The van der Waals surface area contributed by atoms with Gasteiger partial charge >= 0.3 is 0 Å². The lowest BCUT2D eigenvalue weighted by molar-refractivity contribution is -0.123. The van der Waals surface area contributed by atoms with Gasteiger partial charge in [0.15, 0.2) is 0 Å². The van der Waals surface area contributed by atoms with Crippen LogP contribution in [-0.2, 0) is 9.59 Å². The Hall–Kier alpha value is -3.67. The molecule has 6 nitrogen and oxygen atoms in total. The van der Waals surface area contributed by atoms with E-state index >= 15 is 0 Å². The van der Waals surface area contributed by atoms with Crippen LogP contribution in [0.5, 0.6) is 5.75 Å². The number of methoxy groups -OCH3 is 1. The van der Waals surface area contributed by atoms with Gasteiger partial charge in [0.05, 0.1) is 25.6 Å². The quantitative estimate of drug-likeness (QED) is 0.603. The van der Waals surface area contributed by atoms with Gasteiger partial charge in [-0.2, -0.15) is 0 Å². The molecule has 2 N–H and O–H groups in total. The highest BCUT2D eigenvalue weighted by Gasteiger charge is 2.21. The minimum absolute atomic E-state index is 0.111. The molecular weight excluding hydrogens is 378 g/mol. The topological polar surface area (TPSA) is 80.3 Å². The number of pyridine rings is 1. The predicted molar refractivity (Wildman–Crippen MR) is 115 cm³/mol. The molecule has 0 bridgehead atoms. The molecule has 2 amide bonds. The van der Waals surface area contributed by atoms with Crippen LogP contribution < -0.4 is 15.4 Å². The second kappa shape index (κ2) is 10.2. The van der Waals surface area contributed by atoms with Crippen LogP contribution in [0.1, 0.15) is 42.1 Å². The van der Waals surface area contributed by atoms with Crippen molar-refractivity contribution in [3.63, 3.8) is 0 Å². The number of ether oxygens (including phenoxy) is 1. The molecule has 2 unspecified atom stereocenters. The van der Waals surface area contributed by atoms with E-state index in [4.69, 9.17) is 4.74 Å². The maximum Gasteiger partial charge on any atom is 0.223 e. The van der Waals surface area contributed by atoms with E-state index in [2.05, 4.69) is 15.6 Å². The van der Waals surface area contributed by atoms with Gasteiger partial charge in [0.1, 0.15) is 5.75 Å². The van der Waals surface area contributed by atoms with Gasteiger partial charge in [0, 0.05) is 19.3 Å². The first-order valence-corrected chi connectivity index (χ1v) is 9.72. The Bertz CT molecular complexity index is 921. The minimum Gasteiger partial charge on any atom is -0.497 e. The van der Waals surface area contributed by atoms with Crippen molar-refractivity contribution in [3.05, 3.63) is 95.8 Å². The molecule has 0 aliphatic heterocycles. The second-order valence-corrected chi connectivity index (χ2v) is 6.92. The summed E-state index contributed by atoms with van der Waals surface area (Å²) in [5.74, 6) is 0.346. The second-order valence-electron chi connectivity index (χ2n) is 6.92. The van der Waals surface area contributed by atoms with E-state index < -0.39 is 6.04 Å². The maximum atomic E-state index is 13.0. The number of carbonyl (C=O) groups is 2. The van der Waals surface area contributed by atoms with Crippen molar-refractivity contribution in [1.82, 2.24) is 15.6 Å². The zero-order valence-electron chi connectivity index (χ0n) is 17.0. The van der Waals surface area contributed by atoms with Gasteiger partial charge in [-0.3, -0.25) is 14.6 Å². The molecule has 0 saturated carbocycles. The summed E-state index contributed by atoms with van der Waals surface area (Å²) in [6, 6.07) is 20.1. The molecule has 0 aliphatic carbocycles. The Morgan fingerprint density at radius 3 is 2.10 bits per heavy atom. The summed E-state index contributed by atoms with van der Waals surface area (Å²) in [6.07, 6.45) is 3.52. The number of aromatic nitrogens is 1. The van der Waals surface area contributed by atoms with Crippen LogP contribution in [0.3, 0.4) is 0 Å². The van der Waals surface area contributed by atoms with Crippen molar-refractivity contribution in [2.24, 2.45) is 0 Å². The van der Waals surface area contributed by atoms with Crippen LogP contribution in [-0.4, -0.2) is 23.9 Å². The largest absolute Gasteiger partial charge is 0.497 e. The van der Waals surface area contributed by atoms with E-state index in [0.29, 0.717) is 5.75 Å². The molecule has 0 saturated heterocycles. The maximum absolute atomic E-state index is 13.0. The van der Waals surface area contributed by atoms with Crippen LogP contribution in [0.2, 0.25) is 0 Å². The van der Waals surface area contributed by atoms with Crippen LogP contribution in [0.15, 0.2) is 79.1 Å². The van der Waals surface area contributed by atoms with Crippen molar-refractivity contribution in [2.45, 2.75) is 25.4 Å². The van der Waals surface area contributed by atoms with E-state index in [0.717, 1.165) is 16.7 Å². The molecule has 0 fully saturated rings. The van der Waals surface area contributed by atoms with Crippen molar-refractivity contribution in [2.75, 3.05) is 7.11 Å².